The number of nitrogens with zero attached hydrogens (tertiary/aromatic N) is 4. The Morgan fingerprint density at radius 1 is 1.31 bits per heavy atom. The van der Waals surface area contributed by atoms with Gasteiger partial charge in [0.05, 0.1) is 17.1 Å². The first kappa shape index (κ1) is 20.0. The maximum atomic E-state index is 11.0. The van der Waals surface area contributed by atoms with E-state index in [0.717, 1.165) is 11.3 Å². The molecule has 0 unspecified atom stereocenters. The Morgan fingerprint density at radius 3 is 2.79 bits per heavy atom. The van der Waals surface area contributed by atoms with Crippen LogP contribution in [-0.4, -0.2) is 32.6 Å². The zero-order valence-corrected chi connectivity index (χ0v) is 16.3. The molecule has 1 heterocycles. The fraction of sp³-hybridized carbons (Fsp3) is 0.105. The van der Waals surface area contributed by atoms with Crippen molar-refractivity contribution in [2.24, 2.45) is 5.10 Å². The average Bonchev–Trinajstić information content (AvgIpc) is 3.09. The number of hydrogen-bond donors (Lipinski definition) is 2. The Bertz CT molecular complexity index is 1100. The van der Waals surface area contributed by atoms with E-state index in [0.29, 0.717) is 22.8 Å². The predicted octanol–water partition coefficient (Wildman–Crippen LogP) is 4.16. The molecule has 29 heavy (non-hydrogen) atoms. The topological polar surface area (TPSA) is 110 Å². The van der Waals surface area contributed by atoms with E-state index < -0.39 is 4.92 Å². The average molecular weight is 410 g/mol. The van der Waals surface area contributed by atoms with Crippen LogP contribution in [0.5, 0.6) is 5.75 Å². The van der Waals surface area contributed by atoms with Crippen molar-refractivity contribution in [3.8, 4) is 17.1 Å². The third-order valence-electron chi connectivity index (χ3n) is 3.82. The van der Waals surface area contributed by atoms with E-state index in [1.807, 2.05) is 31.2 Å². The summed E-state index contributed by atoms with van der Waals surface area (Å²) in [5.74, 6) is 1.32. The second-order valence-corrected chi connectivity index (χ2v) is 6.09. The van der Waals surface area contributed by atoms with Gasteiger partial charge in [0.2, 0.25) is 4.77 Å². The number of benzene rings is 2. The first-order valence-corrected chi connectivity index (χ1v) is 9.10. The molecule has 2 aromatic carbocycles. The molecule has 0 atom stereocenters. The van der Waals surface area contributed by atoms with Crippen LogP contribution < -0.4 is 10.3 Å². The standard InChI is InChI=1S/C19H18N6O3S/c1-2-28-16-11-9-15(10-12-16)18-21-22-19(29)24(18)23-20-13-5-7-14-6-3-4-8-17(14)25(26)27/h3-13,23H,2H2,1H3,(H,22,29)/b7-5+,20-13-. The van der Waals surface area contributed by atoms with Crippen LogP contribution in [0.1, 0.15) is 12.5 Å². The van der Waals surface area contributed by atoms with Gasteiger partial charge in [-0.25, -0.2) is 10.6 Å². The van der Waals surface area contributed by atoms with Crippen molar-refractivity contribution in [3.63, 3.8) is 0 Å². The summed E-state index contributed by atoms with van der Waals surface area (Å²) in [6.07, 6.45) is 4.66. The number of para-hydroxylation sites is 1. The van der Waals surface area contributed by atoms with Gasteiger partial charge in [-0.2, -0.15) is 14.9 Å². The van der Waals surface area contributed by atoms with Crippen LogP contribution >= 0.6 is 12.2 Å². The van der Waals surface area contributed by atoms with Crippen molar-refractivity contribution in [1.29, 1.82) is 0 Å². The molecule has 0 aliphatic heterocycles. The van der Waals surface area contributed by atoms with Crippen molar-refractivity contribution in [1.82, 2.24) is 14.9 Å². The number of allylic oxidation sites excluding steroid dienone is 1. The van der Waals surface area contributed by atoms with Gasteiger partial charge >= 0.3 is 0 Å². The minimum absolute atomic E-state index is 0.0277. The number of nitrogens with one attached hydrogen (secondary N) is 2. The van der Waals surface area contributed by atoms with Gasteiger partial charge in [-0.1, -0.05) is 12.1 Å². The Balaban J connectivity index is 1.72. The third-order valence-corrected chi connectivity index (χ3v) is 4.10. The number of nitro groups is 1. The first-order chi connectivity index (χ1) is 14.1. The normalized spacial score (nSPS) is 11.2. The Labute approximate surface area is 171 Å². The quantitative estimate of drug-likeness (QED) is 0.250. The molecule has 2 N–H and O–H groups in total. The van der Waals surface area contributed by atoms with Gasteiger partial charge < -0.3 is 4.74 Å². The molecular weight excluding hydrogens is 392 g/mol. The highest BCUT2D eigenvalue weighted by Gasteiger charge is 2.09. The van der Waals surface area contributed by atoms with Crippen molar-refractivity contribution in [2.45, 2.75) is 6.92 Å². The summed E-state index contributed by atoms with van der Waals surface area (Å²) in [7, 11) is 0. The molecule has 0 saturated carbocycles. The van der Waals surface area contributed by atoms with Gasteiger partial charge in [0.15, 0.2) is 5.82 Å². The monoisotopic (exact) mass is 410 g/mol. The molecule has 0 fully saturated rings. The predicted molar refractivity (Wildman–Crippen MR) is 114 cm³/mol. The summed E-state index contributed by atoms with van der Waals surface area (Å²) in [5.41, 5.74) is 4.13. The van der Waals surface area contributed by atoms with Crippen LogP contribution in [-0.2, 0) is 0 Å². The number of rotatable bonds is 8. The van der Waals surface area contributed by atoms with E-state index in [1.165, 1.54) is 17.0 Å². The van der Waals surface area contributed by atoms with Crippen molar-refractivity contribution < 1.29 is 9.66 Å². The minimum Gasteiger partial charge on any atom is -0.494 e. The summed E-state index contributed by atoms with van der Waals surface area (Å²) in [4.78, 5) is 10.6. The smallest absolute Gasteiger partial charge is 0.276 e. The number of H-pyrrole nitrogens is 1. The minimum atomic E-state index is -0.428. The van der Waals surface area contributed by atoms with Crippen LogP contribution in [0.3, 0.4) is 0 Å². The molecule has 3 aromatic rings. The van der Waals surface area contributed by atoms with E-state index in [-0.39, 0.29) is 5.69 Å². The highest BCUT2D eigenvalue weighted by molar-refractivity contribution is 7.71. The zero-order chi connectivity index (χ0) is 20.6. The van der Waals surface area contributed by atoms with Crippen molar-refractivity contribution >= 4 is 30.2 Å². The molecule has 0 aliphatic rings. The van der Waals surface area contributed by atoms with E-state index in [2.05, 4.69) is 20.8 Å². The van der Waals surface area contributed by atoms with Gasteiger partial charge in [-0.3, -0.25) is 10.1 Å². The van der Waals surface area contributed by atoms with Gasteiger partial charge in [0.1, 0.15) is 5.75 Å². The van der Waals surface area contributed by atoms with E-state index in [1.54, 1.807) is 30.4 Å². The van der Waals surface area contributed by atoms with Gasteiger partial charge in [0, 0.05) is 17.8 Å². The summed E-state index contributed by atoms with van der Waals surface area (Å²) in [6.45, 7) is 2.51. The lowest BCUT2D eigenvalue weighted by Gasteiger charge is -2.06. The second-order valence-electron chi connectivity index (χ2n) is 5.70. The largest absolute Gasteiger partial charge is 0.494 e. The molecule has 148 valence electrons. The van der Waals surface area contributed by atoms with Crippen molar-refractivity contribution in [3.05, 3.63) is 75.1 Å². The second kappa shape index (κ2) is 9.42. The number of hydrogen-bond acceptors (Lipinski definition) is 7. The highest BCUT2D eigenvalue weighted by atomic mass is 32.1. The van der Waals surface area contributed by atoms with Crippen LogP contribution in [0, 0.1) is 14.9 Å². The van der Waals surface area contributed by atoms with Gasteiger partial charge in [0.25, 0.3) is 5.69 Å². The number of aromatic amines is 1. The Morgan fingerprint density at radius 2 is 2.07 bits per heavy atom. The summed E-state index contributed by atoms with van der Waals surface area (Å²) < 4.78 is 7.29. The van der Waals surface area contributed by atoms with Crippen molar-refractivity contribution in [2.75, 3.05) is 12.1 Å². The zero-order valence-electron chi connectivity index (χ0n) is 15.5. The lowest BCUT2D eigenvalue weighted by molar-refractivity contribution is -0.385. The van der Waals surface area contributed by atoms with Crippen LogP contribution in [0.25, 0.3) is 17.5 Å². The van der Waals surface area contributed by atoms with E-state index >= 15 is 0 Å². The molecule has 1 aromatic heterocycles. The SMILES string of the molecule is CCOc1ccc(-c2n[nH]c(=S)n2N/N=C\C=C\c2ccccc2[N+](=O)[O-])cc1. The lowest BCUT2D eigenvalue weighted by Crippen LogP contribution is -2.10. The molecule has 0 radical (unpaired) electrons. The third kappa shape index (κ3) is 4.93. The Kier molecular flexibility index (Phi) is 6.48. The van der Waals surface area contributed by atoms with Crippen LogP contribution in [0.4, 0.5) is 5.69 Å². The van der Waals surface area contributed by atoms with E-state index in [4.69, 9.17) is 17.0 Å². The molecule has 0 amide bonds. The maximum Gasteiger partial charge on any atom is 0.276 e. The van der Waals surface area contributed by atoms with Crippen LogP contribution in [0.2, 0.25) is 0 Å². The molecule has 0 aliphatic carbocycles. The van der Waals surface area contributed by atoms with Gasteiger partial charge in [-0.05, 0) is 61.6 Å². The first-order valence-electron chi connectivity index (χ1n) is 8.70. The fourth-order valence-corrected chi connectivity index (χ4v) is 2.70. The molecule has 0 bridgehead atoms. The molecule has 0 spiro atoms. The Hall–Kier alpha value is -3.79. The maximum absolute atomic E-state index is 11.0. The lowest BCUT2D eigenvalue weighted by atomic mass is 10.2. The van der Waals surface area contributed by atoms with E-state index in [9.17, 15) is 10.1 Å². The number of aromatic nitrogens is 3. The number of nitro benzene ring substituents is 1. The molecule has 10 heteroatoms. The number of ether oxygens (including phenoxy) is 1. The summed E-state index contributed by atoms with van der Waals surface area (Å²) in [6, 6.07) is 13.9. The van der Waals surface area contributed by atoms with Gasteiger partial charge in [-0.15, -0.1) is 0 Å². The highest BCUT2D eigenvalue weighted by Crippen LogP contribution is 2.21. The summed E-state index contributed by atoms with van der Waals surface area (Å²) >= 11 is 5.23. The molecule has 3 rings (SSSR count). The fourth-order valence-electron chi connectivity index (χ4n) is 2.53. The summed E-state index contributed by atoms with van der Waals surface area (Å²) in [5, 5.41) is 22.0. The molecule has 0 saturated heterocycles. The van der Waals surface area contributed by atoms with Crippen LogP contribution in [0.15, 0.2) is 59.7 Å². The molecule has 9 nitrogen and oxygen atoms in total. The number of hydrazone groups is 1. The molecular formula is C19H18N6O3S.